The molecule has 1 unspecified atom stereocenters. The molecule has 2 rings (SSSR count). The van der Waals surface area contributed by atoms with E-state index in [0.29, 0.717) is 25.2 Å². The van der Waals surface area contributed by atoms with Gasteiger partial charge in [-0.15, -0.1) is 0 Å². The van der Waals surface area contributed by atoms with Crippen molar-refractivity contribution >= 4 is 5.97 Å². The Kier molecular flexibility index (Phi) is 4.73. The number of hydrogen-bond donors (Lipinski definition) is 2. The van der Waals surface area contributed by atoms with Crippen LogP contribution in [0, 0.1) is 11.7 Å². The van der Waals surface area contributed by atoms with Crippen LogP contribution >= 0.6 is 0 Å². The second kappa shape index (κ2) is 6.33. The number of aliphatic carboxylic acids is 1. The minimum absolute atomic E-state index is 0.00528. The van der Waals surface area contributed by atoms with E-state index in [-0.39, 0.29) is 18.3 Å². The van der Waals surface area contributed by atoms with Crippen LogP contribution in [-0.2, 0) is 14.9 Å². The van der Waals surface area contributed by atoms with E-state index in [1.807, 2.05) is 0 Å². The van der Waals surface area contributed by atoms with Crippen molar-refractivity contribution in [1.29, 1.82) is 0 Å². The van der Waals surface area contributed by atoms with E-state index in [1.54, 1.807) is 0 Å². The summed E-state index contributed by atoms with van der Waals surface area (Å²) < 4.78 is 18.3. The molecule has 0 spiro atoms. The van der Waals surface area contributed by atoms with Gasteiger partial charge in [-0.2, -0.15) is 0 Å². The van der Waals surface area contributed by atoms with Crippen molar-refractivity contribution in [2.75, 3.05) is 19.8 Å². The van der Waals surface area contributed by atoms with Crippen LogP contribution in [0.1, 0.15) is 24.8 Å². The van der Waals surface area contributed by atoms with Gasteiger partial charge >= 0.3 is 5.97 Å². The van der Waals surface area contributed by atoms with E-state index in [1.165, 1.54) is 24.3 Å². The van der Waals surface area contributed by atoms with Gasteiger partial charge in [-0.05, 0) is 42.9 Å². The number of benzene rings is 1. The van der Waals surface area contributed by atoms with E-state index in [9.17, 15) is 14.3 Å². The van der Waals surface area contributed by atoms with E-state index in [0.717, 1.165) is 12.8 Å². The highest BCUT2D eigenvalue weighted by Gasteiger charge is 2.41. The van der Waals surface area contributed by atoms with Crippen LogP contribution < -0.4 is 5.73 Å². The Morgan fingerprint density at radius 3 is 2.45 bits per heavy atom. The average Bonchev–Trinajstić information content (AvgIpc) is 2.46. The topological polar surface area (TPSA) is 72.5 Å². The van der Waals surface area contributed by atoms with Gasteiger partial charge in [0.2, 0.25) is 0 Å². The average molecular weight is 281 g/mol. The largest absolute Gasteiger partial charge is 0.481 e. The SMILES string of the molecule is NCC(CC1CCOCC1)(C(=O)O)c1ccc(F)cc1. The predicted molar refractivity (Wildman–Crippen MR) is 72.9 cm³/mol. The lowest BCUT2D eigenvalue weighted by Gasteiger charge is -2.34. The summed E-state index contributed by atoms with van der Waals surface area (Å²) in [5, 5.41) is 9.67. The van der Waals surface area contributed by atoms with Crippen molar-refractivity contribution < 1.29 is 19.0 Å². The molecule has 0 amide bonds. The molecule has 3 N–H and O–H groups in total. The number of carboxylic acid groups (broad SMARTS) is 1. The van der Waals surface area contributed by atoms with Gasteiger partial charge in [0, 0.05) is 19.8 Å². The van der Waals surface area contributed by atoms with Gasteiger partial charge in [0.25, 0.3) is 0 Å². The van der Waals surface area contributed by atoms with Crippen molar-refractivity contribution in [3.8, 4) is 0 Å². The summed E-state index contributed by atoms with van der Waals surface area (Å²) in [5.41, 5.74) is 5.22. The molecule has 1 aromatic carbocycles. The molecule has 1 fully saturated rings. The quantitative estimate of drug-likeness (QED) is 0.865. The van der Waals surface area contributed by atoms with Gasteiger partial charge < -0.3 is 15.6 Å². The third-order valence-corrected chi connectivity index (χ3v) is 4.13. The minimum atomic E-state index is -1.14. The second-order valence-electron chi connectivity index (χ2n) is 5.36. The van der Waals surface area contributed by atoms with E-state index in [2.05, 4.69) is 0 Å². The van der Waals surface area contributed by atoms with Crippen LogP contribution in [-0.4, -0.2) is 30.8 Å². The van der Waals surface area contributed by atoms with Crippen molar-refractivity contribution in [3.63, 3.8) is 0 Å². The zero-order chi connectivity index (χ0) is 14.6. The predicted octanol–water partition coefficient (Wildman–Crippen LogP) is 1.92. The van der Waals surface area contributed by atoms with Crippen LogP contribution in [0.15, 0.2) is 24.3 Å². The zero-order valence-electron chi connectivity index (χ0n) is 11.3. The molecule has 1 aliphatic heterocycles. The molecule has 0 aliphatic carbocycles. The number of rotatable bonds is 5. The first kappa shape index (κ1) is 14.9. The molecule has 0 aromatic heterocycles. The van der Waals surface area contributed by atoms with Gasteiger partial charge in [-0.25, -0.2) is 4.39 Å². The lowest BCUT2D eigenvalue weighted by Crippen LogP contribution is -2.45. The van der Waals surface area contributed by atoms with Gasteiger partial charge in [0.15, 0.2) is 0 Å². The highest BCUT2D eigenvalue weighted by Crippen LogP contribution is 2.34. The highest BCUT2D eigenvalue weighted by atomic mass is 19.1. The molecule has 110 valence electrons. The minimum Gasteiger partial charge on any atom is -0.481 e. The Hall–Kier alpha value is -1.46. The molecule has 4 nitrogen and oxygen atoms in total. The summed E-state index contributed by atoms with van der Waals surface area (Å²) in [4.78, 5) is 11.8. The van der Waals surface area contributed by atoms with Gasteiger partial charge in [0.1, 0.15) is 11.2 Å². The molecular formula is C15H20FNO3. The monoisotopic (exact) mass is 281 g/mol. The molecular weight excluding hydrogens is 261 g/mol. The molecule has 1 aliphatic rings. The Bertz CT molecular complexity index is 457. The molecule has 1 aromatic rings. The molecule has 0 saturated carbocycles. The Labute approximate surface area is 117 Å². The molecule has 0 radical (unpaired) electrons. The third kappa shape index (κ3) is 2.99. The summed E-state index contributed by atoms with van der Waals surface area (Å²) in [6, 6.07) is 5.62. The summed E-state index contributed by atoms with van der Waals surface area (Å²) >= 11 is 0. The third-order valence-electron chi connectivity index (χ3n) is 4.13. The number of nitrogens with two attached hydrogens (primary N) is 1. The maximum atomic E-state index is 13.0. The van der Waals surface area contributed by atoms with Gasteiger partial charge in [-0.1, -0.05) is 12.1 Å². The van der Waals surface area contributed by atoms with Crippen molar-refractivity contribution in [3.05, 3.63) is 35.6 Å². The van der Waals surface area contributed by atoms with Gasteiger partial charge in [0.05, 0.1) is 0 Å². The van der Waals surface area contributed by atoms with E-state index < -0.39 is 11.4 Å². The Morgan fingerprint density at radius 2 is 1.95 bits per heavy atom. The van der Waals surface area contributed by atoms with Crippen LogP contribution in [0.25, 0.3) is 0 Å². The van der Waals surface area contributed by atoms with Crippen LogP contribution in [0.3, 0.4) is 0 Å². The Balaban J connectivity index is 2.28. The summed E-state index contributed by atoms with van der Waals surface area (Å²) in [6.45, 7) is 1.33. The lowest BCUT2D eigenvalue weighted by atomic mass is 9.72. The lowest BCUT2D eigenvalue weighted by molar-refractivity contribution is -0.144. The summed E-state index contributed by atoms with van der Waals surface area (Å²) in [6.07, 6.45) is 2.15. The number of carboxylic acids is 1. The van der Waals surface area contributed by atoms with E-state index in [4.69, 9.17) is 10.5 Å². The maximum absolute atomic E-state index is 13.0. The normalized spacial score (nSPS) is 19.5. The molecule has 5 heteroatoms. The highest BCUT2D eigenvalue weighted by molar-refractivity contribution is 5.81. The fourth-order valence-electron chi connectivity index (χ4n) is 2.83. The number of halogens is 1. The first-order chi connectivity index (χ1) is 9.58. The van der Waals surface area contributed by atoms with E-state index >= 15 is 0 Å². The number of hydrogen-bond acceptors (Lipinski definition) is 3. The molecule has 1 saturated heterocycles. The molecule has 1 atom stereocenters. The number of ether oxygens (including phenoxy) is 1. The Morgan fingerprint density at radius 1 is 1.35 bits per heavy atom. The number of carbonyl (C=O) groups is 1. The molecule has 1 heterocycles. The van der Waals surface area contributed by atoms with Crippen molar-refractivity contribution in [1.82, 2.24) is 0 Å². The first-order valence-corrected chi connectivity index (χ1v) is 6.86. The molecule has 0 bridgehead atoms. The van der Waals surface area contributed by atoms with Crippen LogP contribution in [0.4, 0.5) is 4.39 Å². The molecule has 20 heavy (non-hydrogen) atoms. The first-order valence-electron chi connectivity index (χ1n) is 6.86. The summed E-state index contributed by atoms with van der Waals surface area (Å²) in [5.74, 6) is -1.05. The van der Waals surface area contributed by atoms with Gasteiger partial charge in [-0.3, -0.25) is 4.79 Å². The maximum Gasteiger partial charge on any atom is 0.315 e. The second-order valence-corrected chi connectivity index (χ2v) is 5.36. The standard InChI is InChI=1S/C15H20FNO3/c16-13-3-1-12(2-4-13)15(10-17,14(18)19)9-11-5-7-20-8-6-11/h1-4,11H,5-10,17H2,(H,18,19). The summed E-state index contributed by atoms with van der Waals surface area (Å²) in [7, 11) is 0. The van der Waals surface area contributed by atoms with Crippen LogP contribution in [0.2, 0.25) is 0 Å². The smallest absolute Gasteiger partial charge is 0.315 e. The zero-order valence-corrected chi connectivity index (χ0v) is 11.3. The van der Waals surface area contributed by atoms with Crippen molar-refractivity contribution in [2.24, 2.45) is 11.7 Å². The van der Waals surface area contributed by atoms with Crippen molar-refractivity contribution in [2.45, 2.75) is 24.7 Å². The fourth-order valence-corrected chi connectivity index (χ4v) is 2.83. The fraction of sp³-hybridized carbons (Fsp3) is 0.533. The van der Waals surface area contributed by atoms with Crippen LogP contribution in [0.5, 0.6) is 0 Å².